The molecule has 0 heterocycles. The Morgan fingerprint density at radius 2 is 0.875 bits per heavy atom. The lowest BCUT2D eigenvalue weighted by Gasteiger charge is -2.43. The van der Waals surface area contributed by atoms with Crippen LogP contribution >= 0.6 is 116 Å². The summed E-state index contributed by atoms with van der Waals surface area (Å²) in [7, 11) is 0. The molecule has 0 saturated heterocycles. The first-order chi connectivity index (χ1) is 6.65. The Labute approximate surface area is 141 Å². The van der Waals surface area contributed by atoms with Crippen molar-refractivity contribution in [3.8, 4) is 0 Å². The molecule has 0 aliphatic rings. The van der Waals surface area contributed by atoms with Gasteiger partial charge in [-0.1, -0.05) is 104 Å². The van der Waals surface area contributed by atoms with Gasteiger partial charge in [0.1, 0.15) is 0 Å². The zero-order chi connectivity index (χ0) is 13.6. The predicted molar refractivity (Wildman–Crippen MR) is 74.4 cm³/mol. The van der Waals surface area contributed by atoms with E-state index in [0.717, 1.165) is 0 Å². The molecule has 0 radical (unpaired) electrons. The molecule has 0 aromatic rings. The largest absolute Gasteiger partial charge is 0.240 e. The van der Waals surface area contributed by atoms with E-state index in [0.29, 0.717) is 0 Å². The lowest BCUT2D eigenvalue weighted by Crippen LogP contribution is -2.59. The van der Waals surface area contributed by atoms with Gasteiger partial charge in [0.05, 0.1) is 0 Å². The highest BCUT2D eigenvalue weighted by Gasteiger charge is 2.69. The minimum atomic E-state index is -2.68. The zero-order valence-corrected chi connectivity index (χ0v) is 14.3. The average Bonchev–Trinajstić information content (AvgIpc) is 1.95. The van der Waals surface area contributed by atoms with Crippen molar-refractivity contribution in [3.05, 3.63) is 0 Å². The molecule has 1 atom stereocenters. The van der Waals surface area contributed by atoms with E-state index in [1.165, 1.54) is 0 Å². The second-order valence-corrected chi connectivity index (χ2v) is 10.1. The fourth-order valence-electron chi connectivity index (χ4n) is 0.674. The second-order valence-electron chi connectivity index (χ2n) is 2.61. The van der Waals surface area contributed by atoms with Crippen molar-refractivity contribution in [3.63, 3.8) is 0 Å². The van der Waals surface area contributed by atoms with Crippen molar-refractivity contribution in [1.29, 1.82) is 0 Å². The molecule has 0 saturated carbocycles. The van der Waals surface area contributed by atoms with E-state index in [4.69, 9.17) is 116 Å². The fourth-order valence-corrected chi connectivity index (χ4v) is 3.36. The lowest BCUT2D eigenvalue weighted by atomic mass is 10.1. The van der Waals surface area contributed by atoms with Gasteiger partial charge in [-0.25, -0.2) is 4.39 Å². The molecule has 0 nitrogen and oxygen atoms in total. The monoisotopic (exact) mass is 430 g/mol. The normalized spacial score (nSPS) is 17.4. The van der Waals surface area contributed by atoms with Gasteiger partial charge in [-0.15, -0.1) is 11.6 Å². The Bertz CT molecular complexity index is 231. The third-order valence-electron chi connectivity index (χ3n) is 1.46. The van der Waals surface area contributed by atoms with Crippen LogP contribution in [-0.2, 0) is 0 Å². The topological polar surface area (TPSA) is 0 Å². The fraction of sp³-hybridized carbons (Fsp3) is 1.00. The Morgan fingerprint density at radius 1 is 0.625 bits per heavy atom. The minimum Gasteiger partial charge on any atom is -0.240 e. The molecular formula is C5HCl10F. The van der Waals surface area contributed by atoms with Crippen LogP contribution in [0.3, 0.4) is 0 Å². The van der Waals surface area contributed by atoms with Gasteiger partial charge in [0.2, 0.25) is 11.4 Å². The molecule has 98 valence electrons. The molecule has 1 unspecified atom stereocenters. The third kappa shape index (κ3) is 3.91. The molecule has 0 bridgehead atoms. The van der Waals surface area contributed by atoms with Crippen molar-refractivity contribution in [1.82, 2.24) is 0 Å². The molecule has 0 aliphatic carbocycles. The van der Waals surface area contributed by atoms with E-state index in [-0.39, 0.29) is 0 Å². The molecule has 11 heteroatoms. The van der Waals surface area contributed by atoms with E-state index in [2.05, 4.69) is 0 Å². The molecule has 0 aromatic carbocycles. The van der Waals surface area contributed by atoms with Crippen molar-refractivity contribution >= 4 is 116 Å². The van der Waals surface area contributed by atoms with Crippen LogP contribution in [0.5, 0.6) is 0 Å². The first-order valence-electron chi connectivity index (χ1n) is 3.19. The number of hydrogen-bond acceptors (Lipinski definition) is 0. The molecule has 0 rings (SSSR count). The Balaban J connectivity index is 5.63. The summed E-state index contributed by atoms with van der Waals surface area (Å²) >= 11 is 54.3. The summed E-state index contributed by atoms with van der Waals surface area (Å²) in [5.41, 5.74) is 0. The summed E-state index contributed by atoms with van der Waals surface area (Å²) in [5.74, 6) is 0. The summed E-state index contributed by atoms with van der Waals surface area (Å²) in [6, 6.07) is 0. The van der Waals surface area contributed by atoms with Crippen LogP contribution in [0, 0.1) is 0 Å². The van der Waals surface area contributed by atoms with Crippen LogP contribution in [-0.4, -0.2) is 22.4 Å². The van der Waals surface area contributed by atoms with Gasteiger partial charge in [0, 0.05) is 0 Å². The van der Waals surface area contributed by atoms with Crippen molar-refractivity contribution in [2.75, 3.05) is 0 Å². The quantitative estimate of drug-likeness (QED) is 0.418. The van der Waals surface area contributed by atoms with Gasteiger partial charge in [-0.2, -0.15) is 0 Å². The molecule has 0 aromatic heterocycles. The summed E-state index contributed by atoms with van der Waals surface area (Å²) in [4.78, 5) is -2.68. The number of hydrogen-bond donors (Lipinski definition) is 0. The Kier molecular flexibility index (Phi) is 6.68. The van der Waals surface area contributed by atoms with Gasteiger partial charge < -0.3 is 0 Å². The van der Waals surface area contributed by atoms with E-state index in [1.807, 2.05) is 0 Å². The average molecular weight is 435 g/mol. The number of alkyl halides is 11. The molecule has 0 N–H and O–H groups in total. The maximum Gasteiger partial charge on any atom is 0.223 e. The summed E-state index contributed by atoms with van der Waals surface area (Å²) in [6.45, 7) is 0. The minimum absolute atomic E-state index is 2.52. The summed E-state index contributed by atoms with van der Waals surface area (Å²) in [6.07, 6.45) is -2.55. The lowest BCUT2D eigenvalue weighted by molar-refractivity contribution is 0.256. The first-order valence-corrected chi connectivity index (χ1v) is 6.97. The zero-order valence-electron chi connectivity index (χ0n) is 6.73. The van der Waals surface area contributed by atoms with E-state index >= 15 is 0 Å². The maximum absolute atomic E-state index is 13.9. The third-order valence-corrected chi connectivity index (χ3v) is 5.16. The van der Waals surface area contributed by atoms with Crippen LogP contribution in [0.25, 0.3) is 0 Å². The van der Waals surface area contributed by atoms with Gasteiger partial charge in [0.25, 0.3) is 0 Å². The molecule has 16 heavy (non-hydrogen) atoms. The standard InChI is InChI=1S/C5HCl10F/c6-2(4(10,11)12,5(13,14)15)1(16)3(7,8)9/h1H. The SMILES string of the molecule is FC(C(Cl)(Cl)Cl)C(Cl)(C(Cl)(Cl)Cl)C(Cl)(Cl)Cl. The van der Waals surface area contributed by atoms with Crippen LogP contribution in [0.15, 0.2) is 0 Å². The predicted octanol–water partition coefficient (Wildman–Crippen LogP) is 6.41. The highest BCUT2D eigenvalue weighted by atomic mass is 35.6. The summed E-state index contributed by atoms with van der Waals surface area (Å²) < 4.78 is 6.33. The van der Waals surface area contributed by atoms with Gasteiger partial charge in [-0.3, -0.25) is 0 Å². The highest BCUT2D eigenvalue weighted by molar-refractivity contribution is 6.78. The molecule has 0 spiro atoms. The first kappa shape index (κ1) is 18.8. The van der Waals surface area contributed by atoms with E-state index in [9.17, 15) is 4.39 Å². The molecule has 0 fully saturated rings. The smallest absolute Gasteiger partial charge is 0.223 e. The van der Waals surface area contributed by atoms with Gasteiger partial charge in [-0.05, 0) is 0 Å². The van der Waals surface area contributed by atoms with E-state index in [1.54, 1.807) is 0 Å². The van der Waals surface area contributed by atoms with Gasteiger partial charge >= 0.3 is 0 Å². The van der Waals surface area contributed by atoms with Crippen molar-refractivity contribution < 1.29 is 4.39 Å². The van der Waals surface area contributed by atoms with Crippen LogP contribution < -0.4 is 0 Å². The van der Waals surface area contributed by atoms with Crippen molar-refractivity contribution in [2.24, 2.45) is 0 Å². The Morgan fingerprint density at radius 3 is 0.938 bits per heavy atom. The molecule has 0 aliphatic heterocycles. The maximum atomic E-state index is 13.9. The highest BCUT2D eigenvalue weighted by Crippen LogP contribution is 2.61. The number of halogens is 11. The van der Waals surface area contributed by atoms with E-state index < -0.39 is 22.4 Å². The van der Waals surface area contributed by atoms with Crippen LogP contribution in [0.4, 0.5) is 4.39 Å². The number of rotatable bonds is 1. The van der Waals surface area contributed by atoms with Gasteiger partial charge in [0.15, 0.2) is 11.0 Å². The Hall–Kier alpha value is 2.83. The van der Waals surface area contributed by atoms with Crippen molar-refractivity contribution in [2.45, 2.75) is 22.4 Å². The van der Waals surface area contributed by atoms with Crippen LogP contribution in [0.1, 0.15) is 0 Å². The molecule has 0 amide bonds. The summed E-state index contributed by atoms with van der Waals surface area (Å²) in [5, 5.41) is 0. The second kappa shape index (κ2) is 5.68. The van der Waals surface area contributed by atoms with Crippen LogP contribution in [0.2, 0.25) is 0 Å². The molecular weight excluding hydrogens is 434 g/mol.